The smallest absolute Gasteiger partial charge is 0.416 e. The van der Waals surface area contributed by atoms with Crippen LogP contribution in [0.15, 0.2) is 24.3 Å². The molecule has 2 aliphatic rings. The molecule has 1 aromatic carbocycles. The van der Waals surface area contributed by atoms with E-state index in [1.54, 1.807) is 31.7 Å². The number of halogens is 3. The molecule has 2 heterocycles. The number of nitrogens with zero attached hydrogens (tertiary/aromatic N) is 2. The fourth-order valence-corrected chi connectivity index (χ4v) is 3.49. The van der Waals surface area contributed by atoms with Crippen LogP contribution in [0.5, 0.6) is 0 Å². The predicted octanol–water partition coefficient (Wildman–Crippen LogP) is 4.37. The van der Waals surface area contributed by atoms with Crippen molar-refractivity contribution in [1.82, 2.24) is 4.90 Å². The van der Waals surface area contributed by atoms with Crippen molar-refractivity contribution in [2.75, 3.05) is 13.2 Å². The number of amides is 1. The number of rotatable bonds is 1. The molecule has 2 atom stereocenters. The van der Waals surface area contributed by atoms with Crippen molar-refractivity contribution in [2.24, 2.45) is 0 Å². The van der Waals surface area contributed by atoms with Gasteiger partial charge in [0.15, 0.2) is 0 Å². The minimum atomic E-state index is -4.51. The highest BCUT2D eigenvalue weighted by Crippen LogP contribution is 2.37. The molecule has 5 nitrogen and oxygen atoms in total. The van der Waals surface area contributed by atoms with Crippen LogP contribution in [0.4, 0.5) is 18.0 Å². The summed E-state index contributed by atoms with van der Waals surface area (Å²) in [7, 11) is 0. The molecular weight excluding hydrogens is 373 g/mol. The fourth-order valence-electron chi connectivity index (χ4n) is 3.49. The summed E-state index contributed by atoms with van der Waals surface area (Å²) in [6.45, 7) is 5.91. The molecule has 0 aliphatic carbocycles. The van der Waals surface area contributed by atoms with Crippen LogP contribution < -0.4 is 0 Å². The van der Waals surface area contributed by atoms with Crippen molar-refractivity contribution in [3.63, 3.8) is 0 Å². The molecule has 0 aromatic heterocycles. The lowest BCUT2D eigenvalue weighted by molar-refractivity contribution is -0.137. The molecule has 150 valence electrons. The lowest BCUT2D eigenvalue weighted by atomic mass is 9.87. The van der Waals surface area contributed by atoms with E-state index < -0.39 is 29.5 Å². The summed E-state index contributed by atoms with van der Waals surface area (Å²) in [5.41, 5.74) is -0.342. The molecule has 1 aromatic rings. The molecule has 1 saturated heterocycles. The van der Waals surface area contributed by atoms with E-state index in [9.17, 15) is 23.2 Å². The van der Waals surface area contributed by atoms with Gasteiger partial charge in [0.05, 0.1) is 42.5 Å². The molecule has 2 unspecified atom stereocenters. The molecule has 28 heavy (non-hydrogen) atoms. The van der Waals surface area contributed by atoms with E-state index >= 15 is 0 Å². The summed E-state index contributed by atoms with van der Waals surface area (Å²) < 4.78 is 49.8. The van der Waals surface area contributed by atoms with Gasteiger partial charge in [-0.1, -0.05) is 12.1 Å². The molecule has 0 saturated carbocycles. The highest BCUT2D eigenvalue weighted by molar-refractivity contribution is 5.77. The van der Waals surface area contributed by atoms with Gasteiger partial charge in [-0.3, -0.25) is 4.90 Å². The van der Waals surface area contributed by atoms with Gasteiger partial charge in [0.1, 0.15) is 5.60 Å². The highest BCUT2D eigenvalue weighted by Gasteiger charge is 2.40. The predicted molar refractivity (Wildman–Crippen MR) is 95.2 cm³/mol. The number of carbonyl (C=O) groups is 1. The second kappa shape index (κ2) is 7.13. The van der Waals surface area contributed by atoms with Gasteiger partial charge in [0.2, 0.25) is 0 Å². The first kappa shape index (κ1) is 20.2. The van der Waals surface area contributed by atoms with Gasteiger partial charge < -0.3 is 9.47 Å². The van der Waals surface area contributed by atoms with Gasteiger partial charge in [0.25, 0.3) is 0 Å². The average Bonchev–Trinajstić information content (AvgIpc) is 2.57. The maximum absolute atomic E-state index is 12.9. The summed E-state index contributed by atoms with van der Waals surface area (Å²) in [4.78, 5) is 14.2. The molecule has 2 aliphatic heterocycles. The molecule has 1 fully saturated rings. The quantitative estimate of drug-likeness (QED) is 0.710. The van der Waals surface area contributed by atoms with Crippen LogP contribution in [0.2, 0.25) is 0 Å². The van der Waals surface area contributed by atoms with Gasteiger partial charge in [-0.25, -0.2) is 4.79 Å². The van der Waals surface area contributed by atoms with Gasteiger partial charge in [-0.2, -0.15) is 18.4 Å². The molecule has 2 bridgehead atoms. The van der Waals surface area contributed by atoms with Crippen LogP contribution in [-0.4, -0.2) is 41.9 Å². The molecule has 1 amide bonds. The number of ether oxygens (including phenoxy) is 2. The van der Waals surface area contributed by atoms with Crippen molar-refractivity contribution in [3.05, 3.63) is 41.0 Å². The standard InChI is InChI=1S/C20H21F3N2O3/c1-19(2,3)28-18(26)25-15-7-12(8-16(25)11-27-10-15)17-5-4-14(20(21,22)23)6-13(17)9-24/h4-7,15-16H,8,10-11H2,1-3H3. The Balaban J connectivity index is 1.94. The van der Waals surface area contributed by atoms with Gasteiger partial charge in [-0.05, 0) is 50.5 Å². The second-order valence-electron chi connectivity index (χ2n) is 7.91. The third-order valence-corrected chi connectivity index (χ3v) is 4.62. The minimum Gasteiger partial charge on any atom is -0.444 e. The Morgan fingerprint density at radius 1 is 1.29 bits per heavy atom. The zero-order chi connectivity index (χ0) is 20.7. The number of alkyl halides is 3. The van der Waals surface area contributed by atoms with Crippen molar-refractivity contribution < 1.29 is 27.4 Å². The zero-order valence-corrected chi connectivity index (χ0v) is 15.8. The minimum absolute atomic E-state index is 0.0363. The van der Waals surface area contributed by atoms with E-state index in [4.69, 9.17) is 9.47 Å². The summed E-state index contributed by atoms with van der Waals surface area (Å²) in [6, 6.07) is 4.32. The number of morpholine rings is 1. The topological polar surface area (TPSA) is 62.6 Å². The van der Waals surface area contributed by atoms with Crippen LogP contribution in [0.3, 0.4) is 0 Å². The summed E-state index contributed by atoms with van der Waals surface area (Å²) in [6.07, 6.45) is -2.81. The largest absolute Gasteiger partial charge is 0.444 e. The Morgan fingerprint density at radius 3 is 2.57 bits per heavy atom. The zero-order valence-electron chi connectivity index (χ0n) is 15.8. The highest BCUT2D eigenvalue weighted by atomic mass is 19.4. The van der Waals surface area contributed by atoms with E-state index in [-0.39, 0.29) is 18.2 Å². The van der Waals surface area contributed by atoms with Crippen molar-refractivity contribution in [1.29, 1.82) is 5.26 Å². The Hall–Kier alpha value is -2.53. The van der Waals surface area contributed by atoms with E-state index in [2.05, 4.69) is 0 Å². The average molecular weight is 394 g/mol. The van der Waals surface area contributed by atoms with Crippen LogP contribution in [0.1, 0.15) is 43.9 Å². The third kappa shape index (κ3) is 4.14. The SMILES string of the molecule is CC(C)(C)OC(=O)N1C2C=C(c3ccc(C(F)(F)F)cc3C#N)CC1COC2. The first-order valence-corrected chi connectivity index (χ1v) is 8.91. The normalized spacial score (nSPS) is 22.3. The van der Waals surface area contributed by atoms with Crippen molar-refractivity contribution in [3.8, 4) is 6.07 Å². The Bertz CT molecular complexity index is 850. The molecule has 0 N–H and O–H groups in total. The third-order valence-electron chi connectivity index (χ3n) is 4.62. The number of hydrogen-bond donors (Lipinski definition) is 0. The Labute approximate surface area is 161 Å². The van der Waals surface area contributed by atoms with E-state index in [1.807, 2.05) is 6.07 Å². The molecule has 3 rings (SSSR count). The number of benzene rings is 1. The number of carbonyl (C=O) groups excluding carboxylic acids is 1. The number of nitriles is 1. The molecule has 0 radical (unpaired) electrons. The number of fused-ring (bicyclic) bond motifs is 2. The van der Waals surface area contributed by atoms with Crippen molar-refractivity contribution >= 4 is 11.7 Å². The fraction of sp³-hybridized carbons (Fsp3) is 0.500. The summed E-state index contributed by atoms with van der Waals surface area (Å²) in [5.74, 6) is 0. The molecule has 0 spiro atoms. The van der Waals surface area contributed by atoms with Crippen LogP contribution in [0.25, 0.3) is 5.57 Å². The van der Waals surface area contributed by atoms with E-state index in [0.29, 0.717) is 18.6 Å². The molecule has 8 heteroatoms. The van der Waals surface area contributed by atoms with E-state index in [1.165, 1.54) is 6.07 Å². The van der Waals surface area contributed by atoms with Crippen LogP contribution >= 0.6 is 0 Å². The first-order valence-electron chi connectivity index (χ1n) is 8.91. The van der Waals surface area contributed by atoms with Crippen LogP contribution in [0, 0.1) is 11.3 Å². The first-order chi connectivity index (χ1) is 13.0. The van der Waals surface area contributed by atoms with Gasteiger partial charge in [-0.15, -0.1) is 0 Å². The van der Waals surface area contributed by atoms with E-state index in [0.717, 1.165) is 17.7 Å². The maximum Gasteiger partial charge on any atom is 0.416 e. The maximum atomic E-state index is 12.9. The number of hydrogen-bond acceptors (Lipinski definition) is 4. The summed E-state index contributed by atoms with van der Waals surface area (Å²) >= 11 is 0. The monoisotopic (exact) mass is 394 g/mol. The van der Waals surface area contributed by atoms with Crippen molar-refractivity contribution in [2.45, 2.75) is 51.1 Å². The van der Waals surface area contributed by atoms with Gasteiger partial charge in [0, 0.05) is 0 Å². The van der Waals surface area contributed by atoms with Gasteiger partial charge >= 0.3 is 12.3 Å². The second-order valence-corrected chi connectivity index (χ2v) is 7.91. The molecular formula is C20H21F3N2O3. The lowest BCUT2D eigenvalue weighted by Gasteiger charge is -2.44. The van der Waals surface area contributed by atoms with Crippen LogP contribution in [-0.2, 0) is 15.7 Å². The summed E-state index contributed by atoms with van der Waals surface area (Å²) in [5, 5.41) is 9.36. The Morgan fingerprint density at radius 2 is 2.00 bits per heavy atom. The Kier molecular flexibility index (Phi) is 5.15. The lowest BCUT2D eigenvalue weighted by Crippen LogP contribution is -2.57.